The van der Waals surface area contributed by atoms with Crippen molar-refractivity contribution in [2.75, 3.05) is 12.4 Å². The molecule has 0 amide bonds. The zero-order valence-corrected chi connectivity index (χ0v) is 16.7. The van der Waals surface area contributed by atoms with E-state index in [9.17, 15) is 5.26 Å². The molecule has 0 radical (unpaired) electrons. The molecule has 1 aromatic heterocycles. The van der Waals surface area contributed by atoms with E-state index < -0.39 is 0 Å². The Morgan fingerprint density at radius 2 is 2.00 bits per heavy atom. The van der Waals surface area contributed by atoms with Crippen LogP contribution < -0.4 is 21.1 Å². The molecule has 27 heavy (non-hydrogen) atoms. The van der Waals surface area contributed by atoms with Crippen LogP contribution in [-0.4, -0.2) is 17.2 Å². The fraction of sp³-hybridized carbons (Fsp3) is 0.318. The van der Waals surface area contributed by atoms with Gasteiger partial charge in [0.1, 0.15) is 0 Å². The predicted octanol–water partition coefficient (Wildman–Crippen LogP) is 2.67. The fourth-order valence-corrected chi connectivity index (χ4v) is 2.98. The zero-order valence-electron chi connectivity index (χ0n) is 16.7. The molecule has 0 aliphatic carbocycles. The van der Waals surface area contributed by atoms with E-state index in [0.29, 0.717) is 12.1 Å². The maximum absolute atomic E-state index is 9.23. The van der Waals surface area contributed by atoms with Crippen LogP contribution in [0, 0.1) is 25.2 Å². The molecule has 5 nitrogen and oxygen atoms in total. The minimum atomic E-state index is 0.579. The summed E-state index contributed by atoms with van der Waals surface area (Å²) < 4.78 is 0. The lowest BCUT2D eigenvalue weighted by molar-refractivity contribution is 0.936. The van der Waals surface area contributed by atoms with Gasteiger partial charge >= 0.3 is 0 Å². The number of anilines is 1. The van der Waals surface area contributed by atoms with Crippen LogP contribution in [0.4, 0.5) is 5.82 Å². The van der Waals surface area contributed by atoms with Gasteiger partial charge in [-0.15, -0.1) is 5.10 Å². The van der Waals surface area contributed by atoms with E-state index in [2.05, 4.69) is 52.1 Å². The van der Waals surface area contributed by atoms with E-state index >= 15 is 0 Å². The van der Waals surface area contributed by atoms with E-state index in [0.717, 1.165) is 45.2 Å². The Bertz CT molecular complexity index is 997. The highest BCUT2D eigenvalue weighted by Crippen LogP contribution is 2.13. The Morgan fingerprint density at radius 3 is 2.63 bits per heavy atom. The second-order valence-corrected chi connectivity index (χ2v) is 6.27. The van der Waals surface area contributed by atoms with Crippen LogP contribution in [0.1, 0.15) is 42.7 Å². The second kappa shape index (κ2) is 9.54. The largest absolute Gasteiger partial charge is 0.388 e. The molecule has 0 spiro atoms. The van der Waals surface area contributed by atoms with E-state index in [1.807, 2.05) is 46.0 Å². The van der Waals surface area contributed by atoms with Gasteiger partial charge in [0.15, 0.2) is 5.82 Å². The van der Waals surface area contributed by atoms with E-state index in [1.165, 1.54) is 0 Å². The van der Waals surface area contributed by atoms with E-state index in [4.69, 9.17) is 0 Å². The van der Waals surface area contributed by atoms with Crippen molar-refractivity contribution in [2.24, 2.45) is 0 Å². The summed E-state index contributed by atoms with van der Waals surface area (Å²) in [6.07, 6.45) is 7.24. The van der Waals surface area contributed by atoms with Gasteiger partial charge in [0.2, 0.25) is 0 Å². The Hall–Kier alpha value is -3.13. The molecule has 0 unspecified atom stereocenters. The number of rotatable bonds is 6. The first-order valence-electron chi connectivity index (χ1n) is 9.17. The molecule has 0 atom stereocenters. The number of benzene rings is 1. The highest BCUT2D eigenvalue weighted by atomic mass is 15.2. The molecule has 140 valence electrons. The fourth-order valence-electron chi connectivity index (χ4n) is 2.98. The van der Waals surface area contributed by atoms with Crippen molar-refractivity contribution >= 4 is 18.0 Å². The number of hydrogen-bond donors (Lipinski definition) is 2. The average molecular weight is 361 g/mol. The molecule has 1 heterocycles. The van der Waals surface area contributed by atoms with Crippen molar-refractivity contribution < 1.29 is 0 Å². The van der Waals surface area contributed by atoms with Crippen LogP contribution in [0.3, 0.4) is 0 Å². The minimum absolute atomic E-state index is 0.579. The monoisotopic (exact) mass is 361 g/mol. The molecule has 0 saturated carbocycles. The molecule has 0 saturated heterocycles. The highest BCUT2D eigenvalue weighted by molar-refractivity contribution is 5.54. The highest BCUT2D eigenvalue weighted by Gasteiger charge is 2.07. The number of aryl methyl sites for hydroxylation is 1. The predicted molar refractivity (Wildman–Crippen MR) is 111 cm³/mol. The van der Waals surface area contributed by atoms with Crippen LogP contribution in [0.2, 0.25) is 0 Å². The molecule has 0 aliphatic rings. The molecule has 2 N–H and O–H groups in total. The lowest BCUT2D eigenvalue weighted by atomic mass is 10.0. The van der Waals surface area contributed by atoms with Crippen LogP contribution in [-0.2, 0) is 6.54 Å². The van der Waals surface area contributed by atoms with Crippen molar-refractivity contribution in [3.8, 4) is 6.07 Å². The normalized spacial score (nSPS) is 12.8. The summed E-state index contributed by atoms with van der Waals surface area (Å²) in [5, 5.41) is 26.6. The van der Waals surface area contributed by atoms with Crippen molar-refractivity contribution in [2.45, 2.75) is 40.7 Å². The maximum Gasteiger partial charge on any atom is 0.156 e. The van der Waals surface area contributed by atoms with Crippen LogP contribution in [0.5, 0.6) is 0 Å². The topological polar surface area (TPSA) is 73.6 Å². The Balaban J connectivity index is 2.51. The summed E-state index contributed by atoms with van der Waals surface area (Å²) >= 11 is 0. The van der Waals surface area contributed by atoms with Gasteiger partial charge in [-0.05, 0) is 50.5 Å². The standard InChI is InChI=1S/C22H27N5/c1-6-9-19(24-5)12-21-20(7-2)16(4)26-27-22(21)25-14-18-11-8-10-17(13-23)15(18)3/h7-12,24H,6,14H2,1-5H3,(H,25,27)/b19-9-,20-7?,21-12+. The molecular formula is C22H27N5. The third-order valence-corrected chi connectivity index (χ3v) is 4.55. The lowest BCUT2D eigenvalue weighted by Crippen LogP contribution is -2.34. The number of nitrogens with zero attached hydrogens (tertiary/aromatic N) is 3. The number of nitriles is 1. The molecule has 0 bridgehead atoms. The molecule has 0 aliphatic heterocycles. The van der Waals surface area contributed by atoms with Crippen molar-refractivity contribution in [1.82, 2.24) is 15.5 Å². The first-order valence-corrected chi connectivity index (χ1v) is 9.17. The average Bonchev–Trinajstić information content (AvgIpc) is 2.68. The Morgan fingerprint density at radius 1 is 1.22 bits per heavy atom. The van der Waals surface area contributed by atoms with Crippen molar-refractivity contribution in [1.29, 1.82) is 5.26 Å². The van der Waals surface area contributed by atoms with Crippen molar-refractivity contribution in [3.63, 3.8) is 0 Å². The Labute approximate surface area is 161 Å². The molecule has 2 aromatic rings. The van der Waals surface area contributed by atoms with Gasteiger partial charge in [0, 0.05) is 29.7 Å². The molecule has 1 aromatic carbocycles. The van der Waals surface area contributed by atoms with E-state index in [-0.39, 0.29) is 0 Å². The van der Waals surface area contributed by atoms with Crippen molar-refractivity contribution in [3.05, 3.63) is 62.8 Å². The van der Waals surface area contributed by atoms with Gasteiger partial charge in [-0.3, -0.25) is 0 Å². The number of aromatic nitrogens is 2. The van der Waals surface area contributed by atoms with Gasteiger partial charge in [-0.1, -0.05) is 31.2 Å². The van der Waals surface area contributed by atoms with Gasteiger partial charge in [-0.2, -0.15) is 10.4 Å². The quantitative estimate of drug-likeness (QED) is 0.827. The third-order valence-electron chi connectivity index (χ3n) is 4.55. The van der Waals surface area contributed by atoms with Gasteiger partial charge in [-0.25, -0.2) is 0 Å². The van der Waals surface area contributed by atoms with E-state index in [1.54, 1.807) is 0 Å². The molecule has 2 rings (SSSR count). The Kier molecular flexibility index (Phi) is 7.13. The lowest BCUT2D eigenvalue weighted by Gasteiger charge is -2.11. The zero-order chi connectivity index (χ0) is 19.8. The van der Waals surface area contributed by atoms with Gasteiger partial charge < -0.3 is 10.6 Å². The summed E-state index contributed by atoms with van der Waals surface area (Å²) in [5.41, 5.74) is 4.69. The van der Waals surface area contributed by atoms with Crippen LogP contribution in [0.15, 0.2) is 30.0 Å². The number of nitrogens with one attached hydrogen (secondary N) is 2. The van der Waals surface area contributed by atoms with Crippen LogP contribution >= 0.6 is 0 Å². The number of allylic oxidation sites excluding steroid dienone is 2. The SMILES string of the molecule is CC=c1c(C)nnc(NCc2cccc(C#N)c2C)/c1=C/C(=C/CC)NC. The smallest absolute Gasteiger partial charge is 0.156 e. The van der Waals surface area contributed by atoms with Crippen LogP contribution in [0.25, 0.3) is 12.2 Å². The molecule has 5 heteroatoms. The summed E-state index contributed by atoms with van der Waals surface area (Å²) in [4.78, 5) is 0. The summed E-state index contributed by atoms with van der Waals surface area (Å²) in [6, 6.07) is 8.00. The van der Waals surface area contributed by atoms with Gasteiger partial charge in [0.25, 0.3) is 0 Å². The summed E-state index contributed by atoms with van der Waals surface area (Å²) in [6.45, 7) is 8.63. The first-order chi connectivity index (χ1) is 13.0. The summed E-state index contributed by atoms with van der Waals surface area (Å²) in [5.74, 6) is 0.729. The third kappa shape index (κ3) is 4.73. The first kappa shape index (κ1) is 20.2. The molecule has 0 fully saturated rings. The summed E-state index contributed by atoms with van der Waals surface area (Å²) in [7, 11) is 1.92. The molecular weight excluding hydrogens is 334 g/mol. The van der Waals surface area contributed by atoms with Gasteiger partial charge in [0.05, 0.1) is 17.3 Å². The maximum atomic E-state index is 9.23. The number of hydrogen-bond acceptors (Lipinski definition) is 5. The second-order valence-electron chi connectivity index (χ2n) is 6.27. The minimum Gasteiger partial charge on any atom is -0.388 e.